The van der Waals surface area contributed by atoms with Crippen LogP contribution in [0, 0.1) is 5.82 Å². The van der Waals surface area contributed by atoms with Crippen LogP contribution in [0.5, 0.6) is 0 Å². The van der Waals surface area contributed by atoms with Crippen LogP contribution in [0.1, 0.15) is 26.3 Å². The van der Waals surface area contributed by atoms with E-state index in [4.69, 9.17) is 10.5 Å². The van der Waals surface area contributed by atoms with Gasteiger partial charge >= 0.3 is 0 Å². The zero-order chi connectivity index (χ0) is 13.1. The van der Waals surface area contributed by atoms with Crippen LogP contribution in [-0.4, -0.2) is 18.2 Å². The molecule has 0 spiro atoms. The average molecular weight is 304 g/mol. The highest BCUT2D eigenvalue weighted by atomic mass is 79.9. The van der Waals surface area contributed by atoms with Gasteiger partial charge in [-0.05, 0) is 51.0 Å². The quantitative estimate of drug-likeness (QED) is 0.906. The minimum atomic E-state index is -0.409. The molecule has 0 heterocycles. The second-order valence-electron chi connectivity index (χ2n) is 4.62. The molecule has 0 fully saturated rings. The van der Waals surface area contributed by atoms with Crippen molar-refractivity contribution in [2.75, 3.05) is 6.61 Å². The SMILES string of the molecule is CCOC(C)(C)C(N)Cc1cc(F)cc(Br)c1. The molecule has 0 aliphatic heterocycles. The van der Waals surface area contributed by atoms with E-state index < -0.39 is 5.60 Å². The third-order valence-corrected chi connectivity index (χ3v) is 3.25. The molecule has 1 aromatic carbocycles. The summed E-state index contributed by atoms with van der Waals surface area (Å²) in [4.78, 5) is 0. The fourth-order valence-corrected chi connectivity index (χ4v) is 2.22. The van der Waals surface area contributed by atoms with Gasteiger partial charge < -0.3 is 10.5 Å². The summed E-state index contributed by atoms with van der Waals surface area (Å²) in [5.74, 6) is -0.254. The van der Waals surface area contributed by atoms with Crippen molar-refractivity contribution < 1.29 is 9.13 Å². The fraction of sp³-hybridized carbons (Fsp3) is 0.538. The van der Waals surface area contributed by atoms with E-state index in [9.17, 15) is 4.39 Å². The molecule has 4 heteroatoms. The highest BCUT2D eigenvalue weighted by Gasteiger charge is 2.26. The molecule has 0 radical (unpaired) electrons. The molecule has 1 rings (SSSR count). The lowest BCUT2D eigenvalue weighted by atomic mass is 9.93. The van der Waals surface area contributed by atoms with Gasteiger partial charge in [0.1, 0.15) is 5.82 Å². The standard InChI is InChI=1S/C13H19BrFNO/c1-4-17-13(2,3)12(16)7-9-5-10(14)8-11(15)6-9/h5-6,8,12H,4,7,16H2,1-3H3. The van der Waals surface area contributed by atoms with Crippen molar-refractivity contribution in [3.8, 4) is 0 Å². The fourth-order valence-electron chi connectivity index (χ4n) is 1.71. The number of benzene rings is 1. The van der Waals surface area contributed by atoms with Crippen molar-refractivity contribution in [2.45, 2.75) is 38.8 Å². The monoisotopic (exact) mass is 303 g/mol. The molecule has 1 atom stereocenters. The Morgan fingerprint density at radius 1 is 1.41 bits per heavy atom. The van der Waals surface area contributed by atoms with Gasteiger partial charge in [0.15, 0.2) is 0 Å². The normalized spacial score (nSPS) is 13.8. The molecule has 0 saturated carbocycles. The molecule has 0 aliphatic carbocycles. The predicted molar refractivity (Wildman–Crippen MR) is 71.5 cm³/mol. The summed E-state index contributed by atoms with van der Waals surface area (Å²) >= 11 is 3.27. The van der Waals surface area contributed by atoms with Gasteiger partial charge in [-0.25, -0.2) is 4.39 Å². The summed E-state index contributed by atoms with van der Waals surface area (Å²) in [6.45, 7) is 6.46. The van der Waals surface area contributed by atoms with E-state index in [1.54, 1.807) is 0 Å². The zero-order valence-corrected chi connectivity index (χ0v) is 12.1. The molecule has 2 nitrogen and oxygen atoms in total. The van der Waals surface area contributed by atoms with Gasteiger partial charge in [-0.2, -0.15) is 0 Å². The number of nitrogens with two attached hydrogens (primary N) is 1. The van der Waals surface area contributed by atoms with Gasteiger partial charge in [-0.3, -0.25) is 0 Å². The van der Waals surface area contributed by atoms with E-state index >= 15 is 0 Å². The predicted octanol–water partition coefficient (Wildman–Crippen LogP) is 3.27. The van der Waals surface area contributed by atoms with Gasteiger partial charge in [-0.1, -0.05) is 15.9 Å². The molecular formula is C13H19BrFNO. The highest BCUT2D eigenvalue weighted by Crippen LogP contribution is 2.20. The van der Waals surface area contributed by atoms with E-state index in [1.165, 1.54) is 12.1 Å². The summed E-state index contributed by atoms with van der Waals surface area (Å²) in [5.41, 5.74) is 6.57. The van der Waals surface area contributed by atoms with Gasteiger partial charge in [0.2, 0.25) is 0 Å². The van der Waals surface area contributed by atoms with Gasteiger partial charge in [0.25, 0.3) is 0 Å². The second-order valence-corrected chi connectivity index (χ2v) is 5.54. The van der Waals surface area contributed by atoms with E-state index in [-0.39, 0.29) is 11.9 Å². The van der Waals surface area contributed by atoms with Crippen molar-refractivity contribution in [1.29, 1.82) is 0 Å². The lowest BCUT2D eigenvalue weighted by Crippen LogP contribution is -2.46. The van der Waals surface area contributed by atoms with Crippen LogP contribution in [0.15, 0.2) is 22.7 Å². The van der Waals surface area contributed by atoms with Crippen molar-refractivity contribution in [3.63, 3.8) is 0 Å². The van der Waals surface area contributed by atoms with E-state index in [0.717, 1.165) is 10.0 Å². The van der Waals surface area contributed by atoms with E-state index in [2.05, 4.69) is 15.9 Å². The Hall–Kier alpha value is -0.450. The van der Waals surface area contributed by atoms with Crippen molar-refractivity contribution in [3.05, 3.63) is 34.1 Å². The Labute approximate surface area is 110 Å². The van der Waals surface area contributed by atoms with Crippen molar-refractivity contribution >= 4 is 15.9 Å². The van der Waals surface area contributed by atoms with Crippen LogP contribution in [-0.2, 0) is 11.2 Å². The van der Waals surface area contributed by atoms with Crippen molar-refractivity contribution in [2.24, 2.45) is 5.73 Å². The van der Waals surface area contributed by atoms with E-state index in [1.807, 2.05) is 26.8 Å². The first-order valence-corrected chi connectivity index (χ1v) is 6.49. The lowest BCUT2D eigenvalue weighted by molar-refractivity contribution is -0.0288. The number of rotatable bonds is 5. The summed E-state index contributed by atoms with van der Waals surface area (Å²) in [6.07, 6.45) is 0.587. The minimum absolute atomic E-state index is 0.170. The minimum Gasteiger partial charge on any atom is -0.374 e. The smallest absolute Gasteiger partial charge is 0.124 e. The second kappa shape index (κ2) is 5.94. The first-order chi connectivity index (χ1) is 7.85. The summed E-state index contributed by atoms with van der Waals surface area (Å²) < 4.78 is 19.5. The Morgan fingerprint density at radius 2 is 2.06 bits per heavy atom. The maximum absolute atomic E-state index is 13.2. The van der Waals surface area contributed by atoms with Crippen LogP contribution in [0.4, 0.5) is 4.39 Å². The first kappa shape index (κ1) is 14.6. The van der Waals surface area contributed by atoms with Crippen LogP contribution < -0.4 is 5.73 Å². The Kier molecular flexibility index (Phi) is 5.10. The Balaban J connectivity index is 2.76. The Morgan fingerprint density at radius 3 is 2.59 bits per heavy atom. The molecule has 1 aromatic rings. The lowest BCUT2D eigenvalue weighted by Gasteiger charge is -2.31. The third-order valence-electron chi connectivity index (χ3n) is 2.79. The average Bonchev–Trinajstić information content (AvgIpc) is 2.15. The molecular weight excluding hydrogens is 285 g/mol. The molecule has 96 valence electrons. The van der Waals surface area contributed by atoms with E-state index in [0.29, 0.717) is 13.0 Å². The van der Waals surface area contributed by atoms with Crippen LogP contribution >= 0.6 is 15.9 Å². The summed E-state index contributed by atoms with van der Waals surface area (Å²) in [5, 5.41) is 0. The van der Waals surface area contributed by atoms with Gasteiger partial charge in [0, 0.05) is 17.1 Å². The maximum atomic E-state index is 13.2. The highest BCUT2D eigenvalue weighted by molar-refractivity contribution is 9.10. The Bertz CT molecular complexity index is 361. The largest absolute Gasteiger partial charge is 0.374 e. The van der Waals surface area contributed by atoms with Gasteiger partial charge in [0.05, 0.1) is 5.60 Å². The molecule has 0 saturated heterocycles. The first-order valence-electron chi connectivity index (χ1n) is 5.69. The van der Waals surface area contributed by atoms with Crippen LogP contribution in [0.25, 0.3) is 0 Å². The third kappa shape index (κ3) is 4.37. The maximum Gasteiger partial charge on any atom is 0.124 e. The molecule has 17 heavy (non-hydrogen) atoms. The summed E-state index contributed by atoms with van der Waals surface area (Å²) in [6, 6.07) is 4.65. The topological polar surface area (TPSA) is 35.2 Å². The number of halogens is 2. The number of ether oxygens (including phenoxy) is 1. The molecule has 0 aliphatic rings. The number of hydrogen-bond donors (Lipinski definition) is 1. The molecule has 0 bridgehead atoms. The molecule has 2 N–H and O–H groups in total. The molecule has 0 amide bonds. The van der Waals surface area contributed by atoms with Crippen LogP contribution in [0.3, 0.4) is 0 Å². The summed E-state index contributed by atoms with van der Waals surface area (Å²) in [7, 11) is 0. The number of hydrogen-bond acceptors (Lipinski definition) is 2. The van der Waals surface area contributed by atoms with Crippen LogP contribution in [0.2, 0.25) is 0 Å². The van der Waals surface area contributed by atoms with Crippen molar-refractivity contribution in [1.82, 2.24) is 0 Å². The molecule has 1 unspecified atom stereocenters. The molecule has 0 aromatic heterocycles. The van der Waals surface area contributed by atoms with Gasteiger partial charge in [-0.15, -0.1) is 0 Å². The zero-order valence-electron chi connectivity index (χ0n) is 10.5.